The summed E-state index contributed by atoms with van der Waals surface area (Å²) in [5.41, 5.74) is 1.86. The molecular formula is C13H10O3. The van der Waals surface area contributed by atoms with Gasteiger partial charge in [-0.3, -0.25) is 4.79 Å². The van der Waals surface area contributed by atoms with Crippen molar-refractivity contribution in [1.29, 1.82) is 0 Å². The van der Waals surface area contributed by atoms with Gasteiger partial charge >= 0.3 is 0 Å². The Balaban J connectivity index is 2.36. The number of ketones is 1. The molecule has 0 bridgehead atoms. The summed E-state index contributed by atoms with van der Waals surface area (Å²) in [6, 6.07) is 8.89. The molecule has 1 aliphatic rings. The molecule has 16 heavy (non-hydrogen) atoms. The number of hydrogen-bond donors (Lipinski definition) is 1. The molecule has 2 aromatic rings. The fraction of sp³-hybridized carbons (Fsp3) is 0.154. The Hall–Kier alpha value is -1.87. The average molecular weight is 214 g/mol. The highest BCUT2D eigenvalue weighted by Gasteiger charge is 2.33. The van der Waals surface area contributed by atoms with Gasteiger partial charge in [-0.1, -0.05) is 24.3 Å². The number of aliphatic hydroxyl groups excluding tert-OH is 1. The SMILES string of the molecule is Cc1cc2c(o1)-c1ccccc1C(=O)C2O. The quantitative estimate of drug-likeness (QED) is 0.733. The number of fused-ring (bicyclic) bond motifs is 3. The fourth-order valence-corrected chi connectivity index (χ4v) is 2.13. The molecule has 3 rings (SSSR count). The van der Waals surface area contributed by atoms with Crippen molar-refractivity contribution in [3.63, 3.8) is 0 Å². The number of carbonyl (C=O) groups excluding carboxylic acids is 1. The van der Waals surface area contributed by atoms with Gasteiger partial charge in [0.15, 0.2) is 5.78 Å². The molecule has 1 aromatic carbocycles. The Bertz CT molecular complexity index is 581. The van der Waals surface area contributed by atoms with Gasteiger partial charge in [0.2, 0.25) is 0 Å². The van der Waals surface area contributed by atoms with Crippen LogP contribution in [0.5, 0.6) is 0 Å². The van der Waals surface area contributed by atoms with E-state index in [0.717, 1.165) is 5.56 Å². The summed E-state index contributed by atoms with van der Waals surface area (Å²) in [6.45, 7) is 1.80. The Morgan fingerprint density at radius 3 is 2.69 bits per heavy atom. The minimum absolute atomic E-state index is 0.260. The van der Waals surface area contributed by atoms with Crippen LogP contribution >= 0.6 is 0 Å². The first-order valence-electron chi connectivity index (χ1n) is 5.10. The van der Waals surface area contributed by atoms with E-state index in [0.29, 0.717) is 22.6 Å². The smallest absolute Gasteiger partial charge is 0.196 e. The Labute approximate surface area is 92.3 Å². The third-order valence-corrected chi connectivity index (χ3v) is 2.86. The van der Waals surface area contributed by atoms with Gasteiger partial charge in [0, 0.05) is 16.7 Å². The van der Waals surface area contributed by atoms with E-state index < -0.39 is 6.10 Å². The number of Topliss-reactive ketones (excluding diaryl/α,β-unsaturated/α-hetero) is 1. The van der Waals surface area contributed by atoms with Crippen molar-refractivity contribution in [3.8, 4) is 11.3 Å². The molecule has 1 N–H and O–H groups in total. The van der Waals surface area contributed by atoms with E-state index in [4.69, 9.17) is 4.42 Å². The van der Waals surface area contributed by atoms with Crippen LogP contribution in [0.4, 0.5) is 0 Å². The molecule has 0 radical (unpaired) electrons. The van der Waals surface area contributed by atoms with Crippen LogP contribution in [-0.4, -0.2) is 10.9 Å². The molecule has 80 valence electrons. The van der Waals surface area contributed by atoms with Crippen molar-refractivity contribution in [2.75, 3.05) is 0 Å². The Morgan fingerprint density at radius 2 is 1.94 bits per heavy atom. The first kappa shape index (κ1) is 9.36. The number of benzene rings is 1. The highest BCUT2D eigenvalue weighted by atomic mass is 16.3. The summed E-state index contributed by atoms with van der Waals surface area (Å²) in [4.78, 5) is 11.9. The standard InChI is InChI=1S/C13H10O3/c1-7-6-10-12(15)11(14)8-4-2-3-5-9(8)13(10)16-7/h2-6,12,15H,1H3. The van der Waals surface area contributed by atoms with E-state index in [2.05, 4.69) is 0 Å². The van der Waals surface area contributed by atoms with Crippen LogP contribution in [0.25, 0.3) is 11.3 Å². The maximum Gasteiger partial charge on any atom is 0.196 e. The topological polar surface area (TPSA) is 50.4 Å². The summed E-state index contributed by atoms with van der Waals surface area (Å²) in [5.74, 6) is 1.05. The number of furan rings is 1. The van der Waals surface area contributed by atoms with Crippen LogP contribution in [-0.2, 0) is 0 Å². The van der Waals surface area contributed by atoms with Crippen molar-refractivity contribution in [2.45, 2.75) is 13.0 Å². The summed E-state index contributed by atoms with van der Waals surface area (Å²) in [7, 11) is 0. The zero-order valence-corrected chi connectivity index (χ0v) is 8.73. The third-order valence-electron chi connectivity index (χ3n) is 2.86. The monoisotopic (exact) mass is 214 g/mol. The summed E-state index contributed by atoms with van der Waals surface area (Å²) in [5, 5.41) is 9.88. The van der Waals surface area contributed by atoms with Crippen molar-refractivity contribution in [1.82, 2.24) is 0 Å². The third kappa shape index (κ3) is 1.09. The number of aryl methyl sites for hydroxylation is 1. The highest BCUT2D eigenvalue weighted by Crippen LogP contribution is 2.39. The summed E-state index contributed by atoms with van der Waals surface area (Å²) < 4.78 is 5.54. The normalized spacial score (nSPS) is 18.1. The van der Waals surface area contributed by atoms with Crippen molar-refractivity contribution in [2.24, 2.45) is 0 Å². The molecule has 1 atom stereocenters. The summed E-state index contributed by atoms with van der Waals surface area (Å²) in [6.07, 6.45) is -1.10. The minimum atomic E-state index is -1.10. The van der Waals surface area contributed by atoms with Gasteiger partial charge < -0.3 is 9.52 Å². The lowest BCUT2D eigenvalue weighted by Crippen LogP contribution is -2.17. The lowest BCUT2D eigenvalue weighted by molar-refractivity contribution is 0.0742. The minimum Gasteiger partial charge on any atom is -0.461 e. The summed E-state index contributed by atoms with van der Waals surface area (Å²) >= 11 is 0. The van der Waals surface area contributed by atoms with Crippen LogP contribution in [0, 0.1) is 6.92 Å². The molecular weight excluding hydrogens is 204 g/mol. The van der Waals surface area contributed by atoms with E-state index in [9.17, 15) is 9.90 Å². The van der Waals surface area contributed by atoms with E-state index in [-0.39, 0.29) is 5.78 Å². The molecule has 0 amide bonds. The van der Waals surface area contributed by atoms with Gasteiger partial charge in [0.25, 0.3) is 0 Å². The van der Waals surface area contributed by atoms with Gasteiger partial charge in [-0.15, -0.1) is 0 Å². The molecule has 3 nitrogen and oxygen atoms in total. The zero-order chi connectivity index (χ0) is 11.3. The molecule has 0 aliphatic heterocycles. The van der Waals surface area contributed by atoms with Crippen molar-refractivity contribution >= 4 is 5.78 Å². The molecule has 3 heteroatoms. The molecule has 1 aromatic heterocycles. The second-order valence-electron chi connectivity index (χ2n) is 3.95. The molecule has 1 heterocycles. The molecule has 0 fully saturated rings. The van der Waals surface area contributed by atoms with Crippen molar-refractivity contribution in [3.05, 3.63) is 47.2 Å². The van der Waals surface area contributed by atoms with Gasteiger partial charge in [-0.2, -0.15) is 0 Å². The molecule has 0 saturated carbocycles. The first-order chi connectivity index (χ1) is 7.68. The zero-order valence-electron chi connectivity index (χ0n) is 8.73. The number of aliphatic hydroxyl groups is 1. The van der Waals surface area contributed by atoms with Crippen LogP contribution in [0.1, 0.15) is 27.8 Å². The van der Waals surface area contributed by atoms with E-state index in [1.165, 1.54) is 0 Å². The largest absolute Gasteiger partial charge is 0.461 e. The maximum atomic E-state index is 11.9. The molecule has 0 spiro atoms. The van der Waals surface area contributed by atoms with E-state index in [1.807, 2.05) is 12.1 Å². The lowest BCUT2D eigenvalue weighted by Gasteiger charge is -2.18. The van der Waals surface area contributed by atoms with Gasteiger partial charge in [0.1, 0.15) is 17.6 Å². The van der Waals surface area contributed by atoms with Crippen LogP contribution in [0.15, 0.2) is 34.7 Å². The molecule has 0 saturated heterocycles. The van der Waals surface area contributed by atoms with E-state index >= 15 is 0 Å². The fourth-order valence-electron chi connectivity index (χ4n) is 2.13. The predicted molar refractivity (Wildman–Crippen MR) is 58.2 cm³/mol. The second-order valence-corrected chi connectivity index (χ2v) is 3.95. The van der Waals surface area contributed by atoms with Gasteiger partial charge in [-0.05, 0) is 13.0 Å². The lowest BCUT2D eigenvalue weighted by atomic mass is 9.88. The Kier molecular flexibility index (Phi) is 1.79. The average Bonchev–Trinajstić information content (AvgIpc) is 2.68. The Morgan fingerprint density at radius 1 is 1.25 bits per heavy atom. The van der Waals surface area contributed by atoms with Gasteiger partial charge in [0.05, 0.1) is 0 Å². The van der Waals surface area contributed by atoms with Crippen LogP contribution in [0.2, 0.25) is 0 Å². The molecule has 1 unspecified atom stereocenters. The van der Waals surface area contributed by atoms with Gasteiger partial charge in [-0.25, -0.2) is 0 Å². The number of carbonyl (C=O) groups is 1. The first-order valence-corrected chi connectivity index (χ1v) is 5.10. The van der Waals surface area contributed by atoms with Crippen LogP contribution < -0.4 is 0 Å². The highest BCUT2D eigenvalue weighted by molar-refractivity contribution is 6.08. The number of hydrogen-bond acceptors (Lipinski definition) is 3. The number of rotatable bonds is 0. The predicted octanol–water partition coefficient (Wildman–Crippen LogP) is 2.48. The molecule has 1 aliphatic carbocycles. The maximum absolute atomic E-state index is 11.9. The van der Waals surface area contributed by atoms with Crippen molar-refractivity contribution < 1.29 is 14.3 Å². The van der Waals surface area contributed by atoms with E-state index in [1.54, 1.807) is 25.1 Å². The van der Waals surface area contributed by atoms with Crippen LogP contribution in [0.3, 0.4) is 0 Å². The second kappa shape index (κ2) is 3.06.